The van der Waals surface area contributed by atoms with Gasteiger partial charge in [0.25, 0.3) is 5.69 Å². The molecule has 0 spiro atoms. The first-order valence-electron chi connectivity index (χ1n) is 9.56. The van der Waals surface area contributed by atoms with Gasteiger partial charge in [0.1, 0.15) is 19.3 Å². The number of amides is 1. The number of benzene rings is 2. The lowest BCUT2D eigenvalue weighted by Crippen LogP contribution is -2.47. The van der Waals surface area contributed by atoms with Crippen molar-refractivity contribution >= 4 is 33.0 Å². The second-order valence-corrected chi connectivity index (χ2v) is 8.92. The maximum absolute atomic E-state index is 13.1. The average Bonchev–Trinajstić information content (AvgIpc) is 2.71. The predicted molar refractivity (Wildman–Crippen MR) is 115 cm³/mol. The molecule has 2 aromatic carbocycles. The number of non-ortho nitro benzene ring substituents is 1. The van der Waals surface area contributed by atoms with Crippen molar-refractivity contribution in [2.75, 3.05) is 29.1 Å². The number of hydrogen-bond donors (Lipinski definition) is 1. The molecule has 0 radical (unpaired) electrons. The van der Waals surface area contributed by atoms with Crippen LogP contribution in [-0.2, 0) is 14.8 Å². The summed E-state index contributed by atoms with van der Waals surface area (Å²) in [5.74, 6) is 0.461. The number of nitrogens with one attached hydrogen (secondary N) is 1. The van der Waals surface area contributed by atoms with Gasteiger partial charge in [-0.05, 0) is 31.0 Å². The number of sulfonamides is 1. The van der Waals surface area contributed by atoms with E-state index in [4.69, 9.17) is 9.47 Å². The van der Waals surface area contributed by atoms with E-state index in [1.165, 1.54) is 12.1 Å². The Morgan fingerprint density at radius 3 is 2.48 bits per heavy atom. The first-order chi connectivity index (χ1) is 14.6. The molecule has 0 saturated heterocycles. The molecule has 166 valence electrons. The van der Waals surface area contributed by atoms with E-state index in [2.05, 4.69) is 5.32 Å². The zero-order chi connectivity index (χ0) is 22.8. The van der Waals surface area contributed by atoms with Crippen LogP contribution in [0.4, 0.5) is 17.1 Å². The van der Waals surface area contributed by atoms with Crippen molar-refractivity contribution in [3.05, 3.63) is 52.1 Å². The van der Waals surface area contributed by atoms with Gasteiger partial charge >= 0.3 is 0 Å². The summed E-state index contributed by atoms with van der Waals surface area (Å²) in [5, 5.41) is 13.9. The molecule has 1 aliphatic rings. The van der Waals surface area contributed by atoms with Crippen molar-refractivity contribution in [3.63, 3.8) is 0 Å². The van der Waals surface area contributed by atoms with Crippen molar-refractivity contribution < 1.29 is 27.6 Å². The number of carbonyl (C=O) groups is 1. The Labute approximate surface area is 180 Å². The maximum Gasteiger partial charge on any atom is 0.271 e. The van der Waals surface area contributed by atoms with Gasteiger partial charge in [-0.15, -0.1) is 0 Å². The fourth-order valence-corrected chi connectivity index (χ4v) is 4.59. The number of fused-ring (bicyclic) bond motifs is 1. The number of rotatable bonds is 7. The highest BCUT2D eigenvalue weighted by Gasteiger charge is 2.33. The Bertz CT molecular complexity index is 1120. The van der Waals surface area contributed by atoms with Crippen LogP contribution in [0, 0.1) is 17.0 Å². The Hall–Kier alpha value is -3.34. The van der Waals surface area contributed by atoms with Crippen LogP contribution in [-0.4, -0.2) is 44.8 Å². The SMILES string of the molecule is CC[C@H](C(=O)Nc1ccc2c(c1)OCCO2)N(c1cc([N+](=O)[O-])ccc1C)S(C)(=O)=O. The van der Waals surface area contributed by atoms with E-state index < -0.39 is 26.9 Å². The van der Waals surface area contributed by atoms with E-state index in [1.54, 1.807) is 32.0 Å². The molecule has 0 fully saturated rings. The second kappa shape index (κ2) is 8.80. The standard InChI is InChI=1S/C20H23N3O7S/c1-4-16(20(24)21-14-6-8-18-19(11-14)30-10-9-29-18)22(31(3,27)28)17-12-15(23(25)26)7-5-13(17)2/h5-8,11-12,16H,4,9-10H2,1-3H3,(H,21,24)/t16-/m1/s1. The Balaban J connectivity index is 1.96. The lowest BCUT2D eigenvalue weighted by molar-refractivity contribution is -0.384. The minimum atomic E-state index is -3.94. The quantitative estimate of drug-likeness (QED) is 0.508. The summed E-state index contributed by atoms with van der Waals surface area (Å²) in [6.07, 6.45) is 1.11. The molecule has 31 heavy (non-hydrogen) atoms. The summed E-state index contributed by atoms with van der Waals surface area (Å²) < 4.78 is 37.2. The number of ether oxygens (including phenoxy) is 2. The van der Waals surface area contributed by atoms with Crippen molar-refractivity contribution in [1.82, 2.24) is 0 Å². The number of nitro benzene ring substituents is 1. The molecule has 1 amide bonds. The molecule has 2 aromatic rings. The zero-order valence-corrected chi connectivity index (χ0v) is 18.1. The number of aryl methyl sites for hydroxylation is 1. The van der Waals surface area contributed by atoms with Gasteiger partial charge in [-0.25, -0.2) is 8.42 Å². The van der Waals surface area contributed by atoms with Gasteiger partial charge < -0.3 is 14.8 Å². The topological polar surface area (TPSA) is 128 Å². The van der Waals surface area contributed by atoms with E-state index >= 15 is 0 Å². The summed E-state index contributed by atoms with van der Waals surface area (Å²) in [7, 11) is -3.94. The second-order valence-electron chi connectivity index (χ2n) is 7.06. The molecule has 1 atom stereocenters. The van der Waals surface area contributed by atoms with Gasteiger partial charge in [0.15, 0.2) is 11.5 Å². The van der Waals surface area contributed by atoms with Gasteiger partial charge in [-0.1, -0.05) is 13.0 Å². The normalized spacial score (nSPS) is 13.9. The van der Waals surface area contributed by atoms with E-state index in [0.29, 0.717) is 36.0 Å². The molecule has 0 aliphatic carbocycles. The Morgan fingerprint density at radius 1 is 1.19 bits per heavy atom. The molecule has 11 heteroatoms. The fraction of sp³-hybridized carbons (Fsp3) is 0.350. The molecule has 10 nitrogen and oxygen atoms in total. The number of carbonyl (C=O) groups excluding carboxylic acids is 1. The van der Waals surface area contributed by atoms with Gasteiger partial charge in [0, 0.05) is 23.9 Å². The van der Waals surface area contributed by atoms with Crippen LogP contribution in [0.5, 0.6) is 11.5 Å². The van der Waals surface area contributed by atoms with E-state index in [9.17, 15) is 23.3 Å². The summed E-state index contributed by atoms with van der Waals surface area (Å²) in [4.78, 5) is 23.7. The van der Waals surface area contributed by atoms with Gasteiger partial charge in [-0.3, -0.25) is 19.2 Å². The third-order valence-electron chi connectivity index (χ3n) is 4.78. The molecule has 0 saturated carbocycles. The van der Waals surface area contributed by atoms with Crippen LogP contribution in [0.1, 0.15) is 18.9 Å². The van der Waals surface area contributed by atoms with Crippen LogP contribution in [0.25, 0.3) is 0 Å². The highest BCUT2D eigenvalue weighted by Crippen LogP contribution is 2.34. The summed E-state index contributed by atoms with van der Waals surface area (Å²) in [5.41, 5.74) is 0.718. The lowest BCUT2D eigenvalue weighted by atomic mass is 10.1. The van der Waals surface area contributed by atoms with Gasteiger partial charge in [-0.2, -0.15) is 0 Å². The fourth-order valence-electron chi connectivity index (χ4n) is 3.33. The molecule has 0 unspecified atom stereocenters. The maximum atomic E-state index is 13.1. The monoisotopic (exact) mass is 449 g/mol. The molecule has 1 N–H and O–H groups in total. The molecule has 0 aromatic heterocycles. The van der Waals surface area contributed by atoms with Crippen LogP contribution in [0.3, 0.4) is 0 Å². The summed E-state index contributed by atoms with van der Waals surface area (Å²) in [6.45, 7) is 4.11. The van der Waals surface area contributed by atoms with E-state index in [-0.39, 0.29) is 17.8 Å². The minimum absolute atomic E-state index is 0.0841. The Kier molecular flexibility index (Phi) is 6.34. The number of nitrogens with zero attached hydrogens (tertiary/aromatic N) is 2. The van der Waals surface area contributed by atoms with Crippen LogP contribution in [0.15, 0.2) is 36.4 Å². The molecular weight excluding hydrogens is 426 g/mol. The van der Waals surface area contributed by atoms with E-state index in [1.807, 2.05) is 0 Å². The zero-order valence-electron chi connectivity index (χ0n) is 17.3. The van der Waals surface area contributed by atoms with Crippen LogP contribution >= 0.6 is 0 Å². The first kappa shape index (κ1) is 22.3. The molecular formula is C20H23N3O7S. The summed E-state index contributed by atoms with van der Waals surface area (Å²) >= 11 is 0. The minimum Gasteiger partial charge on any atom is -0.486 e. The van der Waals surface area contributed by atoms with Crippen molar-refractivity contribution in [2.45, 2.75) is 26.3 Å². The first-order valence-corrected chi connectivity index (χ1v) is 11.4. The third-order valence-corrected chi connectivity index (χ3v) is 5.95. The number of hydrogen-bond acceptors (Lipinski definition) is 7. The lowest BCUT2D eigenvalue weighted by Gasteiger charge is -2.31. The summed E-state index contributed by atoms with van der Waals surface area (Å²) in [6, 6.07) is 7.67. The van der Waals surface area contributed by atoms with Gasteiger partial charge in [0.05, 0.1) is 16.9 Å². The number of nitro groups is 1. The largest absolute Gasteiger partial charge is 0.486 e. The van der Waals surface area contributed by atoms with Crippen LogP contribution < -0.4 is 19.1 Å². The van der Waals surface area contributed by atoms with Crippen LogP contribution in [0.2, 0.25) is 0 Å². The molecule has 1 aliphatic heterocycles. The highest BCUT2D eigenvalue weighted by molar-refractivity contribution is 7.92. The van der Waals surface area contributed by atoms with E-state index in [0.717, 1.165) is 16.6 Å². The van der Waals surface area contributed by atoms with Crippen molar-refractivity contribution in [3.8, 4) is 11.5 Å². The molecule has 0 bridgehead atoms. The van der Waals surface area contributed by atoms with Crippen molar-refractivity contribution in [1.29, 1.82) is 0 Å². The van der Waals surface area contributed by atoms with Gasteiger partial charge in [0.2, 0.25) is 15.9 Å². The average molecular weight is 449 g/mol. The molecule has 3 rings (SSSR count). The van der Waals surface area contributed by atoms with Crippen molar-refractivity contribution in [2.24, 2.45) is 0 Å². The Morgan fingerprint density at radius 2 is 1.87 bits per heavy atom. The third kappa shape index (κ3) is 4.88. The smallest absolute Gasteiger partial charge is 0.271 e. The number of anilines is 2. The molecule has 1 heterocycles. The predicted octanol–water partition coefficient (Wildman–Crippen LogP) is 2.86. The highest BCUT2D eigenvalue weighted by atomic mass is 32.2.